The zero-order chi connectivity index (χ0) is 23.5. The van der Waals surface area contributed by atoms with Crippen molar-refractivity contribution in [3.63, 3.8) is 0 Å². The fourth-order valence-electron chi connectivity index (χ4n) is 4.39. The second kappa shape index (κ2) is 9.67. The van der Waals surface area contributed by atoms with Gasteiger partial charge < -0.3 is 20.3 Å². The van der Waals surface area contributed by atoms with Crippen LogP contribution in [0.3, 0.4) is 0 Å². The molecule has 7 heteroatoms. The average molecular weight is 456 g/mol. The highest BCUT2D eigenvalue weighted by molar-refractivity contribution is 6.03. The second-order valence-electron chi connectivity index (χ2n) is 8.91. The molecule has 1 aliphatic rings. The lowest BCUT2D eigenvalue weighted by Gasteiger charge is -2.32. The first-order chi connectivity index (χ1) is 16.6. The third-order valence-corrected chi connectivity index (χ3v) is 6.42. The molecule has 0 spiro atoms. The molecule has 1 aliphatic heterocycles. The molecule has 0 aliphatic carbocycles. The summed E-state index contributed by atoms with van der Waals surface area (Å²) < 4.78 is 0. The van der Waals surface area contributed by atoms with E-state index in [0.29, 0.717) is 23.4 Å². The molecule has 0 saturated carbocycles. The number of carbonyl (C=O) groups is 1. The first kappa shape index (κ1) is 22.1. The summed E-state index contributed by atoms with van der Waals surface area (Å²) >= 11 is 0. The Hall–Kier alpha value is -3.68. The minimum atomic E-state index is -0.159. The van der Waals surface area contributed by atoms with Gasteiger partial charge in [0, 0.05) is 61.9 Å². The molecule has 0 unspecified atom stereocenters. The Labute approximate surface area is 199 Å². The molecule has 1 fully saturated rings. The van der Waals surface area contributed by atoms with E-state index in [4.69, 9.17) is 0 Å². The van der Waals surface area contributed by atoms with Crippen LogP contribution in [0.4, 0.5) is 0 Å². The molecule has 0 atom stereocenters. The molecule has 3 heterocycles. The number of nitrogens with one attached hydrogen (secondary N) is 2. The molecule has 0 radical (unpaired) electrons. The van der Waals surface area contributed by atoms with Gasteiger partial charge in [-0.1, -0.05) is 36.4 Å². The number of aromatic nitrogens is 2. The Kier molecular flexibility index (Phi) is 6.29. The van der Waals surface area contributed by atoms with E-state index in [1.165, 1.54) is 0 Å². The summed E-state index contributed by atoms with van der Waals surface area (Å²) in [6, 6.07) is 19.2. The maximum Gasteiger partial charge on any atom is 0.251 e. The van der Waals surface area contributed by atoms with Gasteiger partial charge in [0.05, 0.1) is 11.3 Å². The van der Waals surface area contributed by atoms with Gasteiger partial charge in [-0.3, -0.25) is 14.7 Å². The number of nitrogens with zero attached hydrogens (tertiary/aromatic N) is 3. The van der Waals surface area contributed by atoms with Gasteiger partial charge in [-0.05, 0) is 42.4 Å². The summed E-state index contributed by atoms with van der Waals surface area (Å²) in [5, 5.41) is 14.3. The van der Waals surface area contributed by atoms with Crippen LogP contribution in [0.2, 0.25) is 0 Å². The molecular weight excluding hydrogens is 426 g/mol. The molecule has 1 saturated heterocycles. The van der Waals surface area contributed by atoms with Gasteiger partial charge in [0.15, 0.2) is 5.88 Å². The maximum atomic E-state index is 12.8. The van der Waals surface area contributed by atoms with Crippen LogP contribution in [0.5, 0.6) is 5.88 Å². The minimum absolute atomic E-state index is 0.0520. The fraction of sp³-hybridized carbons (Fsp3) is 0.259. The lowest BCUT2D eigenvalue weighted by atomic mass is 10.1. The van der Waals surface area contributed by atoms with E-state index < -0.39 is 0 Å². The smallest absolute Gasteiger partial charge is 0.251 e. The third-order valence-electron chi connectivity index (χ3n) is 6.42. The maximum absolute atomic E-state index is 12.8. The van der Waals surface area contributed by atoms with Gasteiger partial charge >= 0.3 is 0 Å². The number of H-pyrrole nitrogens is 1. The molecule has 174 valence electrons. The molecule has 0 bridgehead atoms. The number of fused-ring (bicyclic) bond motifs is 1. The van der Waals surface area contributed by atoms with Crippen molar-refractivity contribution in [1.82, 2.24) is 25.1 Å². The zero-order valence-corrected chi connectivity index (χ0v) is 19.3. The number of benzene rings is 2. The largest absolute Gasteiger partial charge is 0.494 e. The molecule has 34 heavy (non-hydrogen) atoms. The summed E-state index contributed by atoms with van der Waals surface area (Å²) in [6.45, 7) is 5.59. The topological polar surface area (TPSA) is 84.5 Å². The first-order valence-corrected chi connectivity index (χ1v) is 11.6. The first-order valence-electron chi connectivity index (χ1n) is 11.6. The van der Waals surface area contributed by atoms with Crippen LogP contribution < -0.4 is 5.32 Å². The third kappa shape index (κ3) is 4.81. The Morgan fingerprint density at radius 1 is 1.03 bits per heavy atom. The van der Waals surface area contributed by atoms with Crippen molar-refractivity contribution in [3.8, 4) is 17.1 Å². The van der Waals surface area contributed by atoms with E-state index >= 15 is 0 Å². The number of carbonyl (C=O) groups excluding carboxylic acids is 1. The Morgan fingerprint density at radius 3 is 2.56 bits per heavy atom. The standard InChI is InChI=1S/C27H29N5O2/c1-31-11-13-32(14-12-31)18-20-7-9-24(28-17-20)25-22-15-21(8-10-23(22)30-27(25)34)26(33)29-16-19-5-3-2-4-6-19/h2-10,15,17,30,34H,11-14,16,18H2,1H3,(H,29,33). The number of hydrogen-bond acceptors (Lipinski definition) is 5. The molecule has 2 aromatic carbocycles. The lowest BCUT2D eigenvalue weighted by molar-refractivity contribution is 0.0951. The lowest BCUT2D eigenvalue weighted by Crippen LogP contribution is -2.43. The number of piperazine rings is 1. The van der Waals surface area contributed by atoms with Crippen LogP contribution >= 0.6 is 0 Å². The van der Waals surface area contributed by atoms with E-state index in [9.17, 15) is 9.90 Å². The summed E-state index contributed by atoms with van der Waals surface area (Å²) in [5.41, 5.74) is 4.77. The Bertz CT molecular complexity index is 1280. The van der Waals surface area contributed by atoms with Crippen LogP contribution in [0.25, 0.3) is 22.2 Å². The minimum Gasteiger partial charge on any atom is -0.494 e. The number of rotatable bonds is 6. The highest BCUT2D eigenvalue weighted by atomic mass is 16.3. The van der Waals surface area contributed by atoms with E-state index in [1.807, 2.05) is 48.7 Å². The predicted octanol–water partition coefficient (Wildman–Crippen LogP) is 3.61. The van der Waals surface area contributed by atoms with E-state index in [0.717, 1.165) is 54.8 Å². The second-order valence-corrected chi connectivity index (χ2v) is 8.91. The quantitative estimate of drug-likeness (QED) is 0.414. The van der Waals surface area contributed by atoms with Gasteiger partial charge in [-0.2, -0.15) is 0 Å². The normalized spacial score (nSPS) is 15.0. The van der Waals surface area contributed by atoms with Crippen molar-refractivity contribution in [2.45, 2.75) is 13.1 Å². The van der Waals surface area contributed by atoms with Crippen molar-refractivity contribution < 1.29 is 9.90 Å². The SMILES string of the molecule is CN1CCN(Cc2ccc(-c3c(O)[nH]c4ccc(C(=O)NCc5ccccc5)cc34)nc2)CC1. The molecule has 1 amide bonds. The monoisotopic (exact) mass is 455 g/mol. The van der Waals surface area contributed by atoms with Crippen molar-refractivity contribution in [2.24, 2.45) is 0 Å². The Morgan fingerprint density at radius 2 is 1.82 bits per heavy atom. The van der Waals surface area contributed by atoms with Crippen LogP contribution in [0.15, 0.2) is 66.9 Å². The highest BCUT2D eigenvalue weighted by Crippen LogP contribution is 2.36. The van der Waals surface area contributed by atoms with Gasteiger partial charge in [0.1, 0.15) is 0 Å². The van der Waals surface area contributed by atoms with Crippen LogP contribution in [-0.2, 0) is 13.1 Å². The highest BCUT2D eigenvalue weighted by Gasteiger charge is 2.18. The molecule has 2 aromatic heterocycles. The van der Waals surface area contributed by atoms with Crippen molar-refractivity contribution in [1.29, 1.82) is 0 Å². The van der Waals surface area contributed by atoms with E-state index in [1.54, 1.807) is 12.1 Å². The number of amides is 1. The zero-order valence-electron chi connectivity index (χ0n) is 19.3. The van der Waals surface area contributed by atoms with E-state index in [-0.39, 0.29) is 11.8 Å². The van der Waals surface area contributed by atoms with E-state index in [2.05, 4.69) is 38.2 Å². The fourth-order valence-corrected chi connectivity index (χ4v) is 4.39. The van der Waals surface area contributed by atoms with Crippen LogP contribution in [0.1, 0.15) is 21.5 Å². The van der Waals surface area contributed by atoms with Crippen LogP contribution in [-0.4, -0.2) is 64.0 Å². The van der Waals surface area contributed by atoms with Crippen LogP contribution in [0, 0.1) is 0 Å². The van der Waals surface area contributed by atoms with Crippen molar-refractivity contribution in [3.05, 3.63) is 83.6 Å². The van der Waals surface area contributed by atoms with Crippen molar-refractivity contribution in [2.75, 3.05) is 33.2 Å². The summed E-state index contributed by atoms with van der Waals surface area (Å²) in [4.78, 5) is 25.2. The van der Waals surface area contributed by atoms with Gasteiger partial charge in [0.2, 0.25) is 0 Å². The van der Waals surface area contributed by atoms with Crippen molar-refractivity contribution >= 4 is 16.8 Å². The summed E-state index contributed by atoms with van der Waals surface area (Å²) in [7, 11) is 2.15. The van der Waals surface area contributed by atoms with Gasteiger partial charge in [0.25, 0.3) is 5.91 Å². The molecule has 7 nitrogen and oxygen atoms in total. The number of aromatic amines is 1. The number of pyridine rings is 1. The summed E-state index contributed by atoms with van der Waals surface area (Å²) in [5.74, 6) is -0.107. The number of hydrogen-bond donors (Lipinski definition) is 3. The summed E-state index contributed by atoms with van der Waals surface area (Å²) in [6.07, 6.45) is 1.88. The average Bonchev–Trinajstić information content (AvgIpc) is 3.20. The predicted molar refractivity (Wildman–Crippen MR) is 134 cm³/mol. The van der Waals surface area contributed by atoms with Gasteiger partial charge in [-0.15, -0.1) is 0 Å². The van der Waals surface area contributed by atoms with Gasteiger partial charge in [-0.25, -0.2) is 0 Å². The molecule has 4 aromatic rings. The number of aromatic hydroxyl groups is 1. The Balaban J connectivity index is 1.34. The molecule has 5 rings (SSSR count). The molecular formula is C27H29N5O2. The number of likely N-dealkylation sites (N-methyl/N-ethyl adjacent to an activating group) is 1. The molecule has 3 N–H and O–H groups in total.